The molecule has 19 heavy (non-hydrogen) atoms. The molecule has 0 bridgehead atoms. The quantitative estimate of drug-likeness (QED) is 0.864. The maximum Gasteiger partial charge on any atom is 0.119 e. The van der Waals surface area contributed by atoms with E-state index in [1.165, 1.54) is 19.3 Å². The van der Waals surface area contributed by atoms with E-state index < -0.39 is 0 Å². The molecular formula is C17H27NO. The first kappa shape index (κ1) is 14.4. The molecule has 2 heteroatoms. The van der Waals surface area contributed by atoms with Crippen molar-refractivity contribution in [2.75, 3.05) is 6.54 Å². The SMILES string of the molecule is CCCNC1C(Oc2ccccc2)CCCC1(C)C. The predicted molar refractivity (Wildman–Crippen MR) is 80.6 cm³/mol. The first-order valence-electron chi connectivity index (χ1n) is 7.58. The summed E-state index contributed by atoms with van der Waals surface area (Å²) in [7, 11) is 0. The lowest BCUT2D eigenvalue weighted by Crippen LogP contribution is -2.54. The summed E-state index contributed by atoms with van der Waals surface area (Å²) in [5.74, 6) is 0.994. The summed E-state index contributed by atoms with van der Waals surface area (Å²) in [6.45, 7) is 8.01. The zero-order chi connectivity index (χ0) is 13.7. The second-order valence-electron chi connectivity index (χ2n) is 6.28. The van der Waals surface area contributed by atoms with Gasteiger partial charge in [0.1, 0.15) is 11.9 Å². The summed E-state index contributed by atoms with van der Waals surface area (Å²) in [5.41, 5.74) is 0.312. The van der Waals surface area contributed by atoms with Gasteiger partial charge in [-0.3, -0.25) is 0 Å². The Morgan fingerprint density at radius 1 is 1.26 bits per heavy atom. The van der Waals surface area contributed by atoms with Gasteiger partial charge in [0.25, 0.3) is 0 Å². The molecular weight excluding hydrogens is 234 g/mol. The van der Waals surface area contributed by atoms with E-state index in [-0.39, 0.29) is 6.10 Å². The van der Waals surface area contributed by atoms with Crippen LogP contribution in [0.5, 0.6) is 5.75 Å². The second kappa shape index (κ2) is 6.42. The van der Waals surface area contributed by atoms with Crippen molar-refractivity contribution in [2.24, 2.45) is 5.41 Å². The Hall–Kier alpha value is -1.02. The Labute approximate surface area is 117 Å². The smallest absolute Gasteiger partial charge is 0.119 e. The maximum atomic E-state index is 6.24. The number of hydrogen-bond acceptors (Lipinski definition) is 2. The summed E-state index contributed by atoms with van der Waals surface area (Å²) in [4.78, 5) is 0. The minimum absolute atomic E-state index is 0.290. The molecule has 0 heterocycles. The van der Waals surface area contributed by atoms with Crippen molar-refractivity contribution in [1.82, 2.24) is 5.32 Å². The van der Waals surface area contributed by atoms with E-state index in [0.29, 0.717) is 11.5 Å². The van der Waals surface area contributed by atoms with Crippen LogP contribution in [0.2, 0.25) is 0 Å². The summed E-state index contributed by atoms with van der Waals surface area (Å²) in [5, 5.41) is 3.71. The van der Waals surface area contributed by atoms with Crippen molar-refractivity contribution < 1.29 is 4.74 Å². The molecule has 2 unspecified atom stereocenters. The third-order valence-corrected chi connectivity index (χ3v) is 4.17. The number of hydrogen-bond donors (Lipinski definition) is 1. The van der Waals surface area contributed by atoms with Crippen LogP contribution < -0.4 is 10.1 Å². The molecule has 2 nitrogen and oxygen atoms in total. The number of rotatable bonds is 5. The van der Waals surface area contributed by atoms with Crippen LogP contribution in [0.25, 0.3) is 0 Å². The second-order valence-corrected chi connectivity index (χ2v) is 6.28. The van der Waals surface area contributed by atoms with Crippen LogP contribution in [0.15, 0.2) is 30.3 Å². The first-order valence-corrected chi connectivity index (χ1v) is 7.58. The summed E-state index contributed by atoms with van der Waals surface area (Å²) in [6, 6.07) is 10.7. The van der Waals surface area contributed by atoms with Crippen LogP contribution in [0.1, 0.15) is 46.5 Å². The molecule has 1 aliphatic carbocycles. The van der Waals surface area contributed by atoms with Gasteiger partial charge >= 0.3 is 0 Å². The molecule has 1 aromatic rings. The Morgan fingerprint density at radius 2 is 2.00 bits per heavy atom. The van der Waals surface area contributed by atoms with Crippen LogP contribution in [0.3, 0.4) is 0 Å². The molecule has 2 atom stereocenters. The normalized spacial score (nSPS) is 26.1. The Morgan fingerprint density at radius 3 is 2.68 bits per heavy atom. The lowest BCUT2D eigenvalue weighted by atomic mass is 9.71. The van der Waals surface area contributed by atoms with Gasteiger partial charge in [0, 0.05) is 6.04 Å². The van der Waals surface area contributed by atoms with Crippen molar-refractivity contribution in [3.05, 3.63) is 30.3 Å². The van der Waals surface area contributed by atoms with Crippen LogP contribution >= 0.6 is 0 Å². The van der Waals surface area contributed by atoms with Gasteiger partial charge in [-0.25, -0.2) is 0 Å². The van der Waals surface area contributed by atoms with Crippen molar-refractivity contribution in [2.45, 2.75) is 58.6 Å². The zero-order valence-electron chi connectivity index (χ0n) is 12.5. The molecule has 1 saturated carbocycles. The molecule has 0 saturated heterocycles. The fourth-order valence-electron chi connectivity index (χ4n) is 3.09. The van der Waals surface area contributed by atoms with Gasteiger partial charge in [-0.05, 0) is 49.8 Å². The standard InChI is InChI=1S/C17H27NO/c1-4-13-18-16-15(11-8-12-17(16,2)3)19-14-9-6-5-7-10-14/h5-7,9-10,15-16,18H,4,8,11-13H2,1-3H3. The van der Waals surface area contributed by atoms with Gasteiger partial charge in [-0.1, -0.05) is 39.0 Å². The number of benzene rings is 1. The van der Waals surface area contributed by atoms with E-state index in [9.17, 15) is 0 Å². The fraction of sp³-hybridized carbons (Fsp3) is 0.647. The van der Waals surface area contributed by atoms with E-state index in [4.69, 9.17) is 4.74 Å². The van der Waals surface area contributed by atoms with E-state index in [2.05, 4.69) is 38.2 Å². The van der Waals surface area contributed by atoms with Crippen molar-refractivity contribution in [3.63, 3.8) is 0 Å². The van der Waals surface area contributed by atoms with Crippen molar-refractivity contribution >= 4 is 0 Å². The summed E-state index contributed by atoms with van der Waals surface area (Å²) >= 11 is 0. The largest absolute Gasteiger partial charge is 0.489 e. The molecule has 1 fully saturated rings. The Bertz CT molecular complexity index is 374. The number of ether oxygens (including phenoxy) is 1. The van der Waals surface area contributed by atoms with Crippen LogP contribution in [0, 0.1) is 5.41 Å². The molecule has 1 N–H and O–H groups in total. The number of nitrogens with one attached hydrogen (secondary N) is 1. The van der Waals surface area contributed by atoms with Gasteiger partial charge in [-0.15, -0.1) is 0 Å². The van der Waals surface area contributed by atoms with Crippen LogP contribution in [-0.4, -0.2) is 18.7 Å². The average molecular weight is 261 g/mol. The van der Waals surface area contributed by atoms with E-state index in [1.54, 1.807) is 0 Å². The molecule has 0 spiro atoms. The zero-order valence-corrected chi connectivity index (χ0v) is 12.5. The highest BCUT2D eigenvalue weighted by atomic mass is 16.5. The third-order valence-electron chi connectivity index (χ3n) is 4.17. The van der Waals surface area contributed by atoms with Crippen molar-refractivity contribution in [3.8, 4) is 5.75 Å². The highest BCUT2D eigenvalue weighted by molar-refractivity contribution is 5.21. The van der Waals surface area contributed by atoms with E-state index >= 15 is 0 Å². The lowest BCUT2D eigenvalue weighted by Gasteiger charge is -2.44. The Kier molecular flexibility index (Phi) is 4.87. The van der Waals surface area contributed by atoms with Gasteiger partial charge < -0.3 is 10.1 Å². The monoisotopic (exact) mass is 261 g/mol. The minimum atomic E-state index is 0.290. The van der Waals surface area contributed by atoms with E-state index in [1.807, 2.05) is 18.2 Å². The minimum Gasteiger partial charge on any atom is -0.489 e. The molecule has 1 aromatic carbocycles. The number of para-hydroxylation sites is 1. The van der Waals surface area contributed by atoms with E-state index in [0.717, 1.165) is 18.7 Å². The summed E-state index contributed by atoms with van der Waals surface area (Å²) in [6.07, 6.45) is 5.15. The molecule has 1 aliphatic rings. The van der Waals surface area contributed by atoms with Gasteiger partial charge in [0.05, 0.1) is 0 Å². The van der Waals surface area contributed by atoms with Gasteiger partial charge in [0.2, 0.25) is 0 Å². The van der Waals surface area contributed by atoms with Gasteiger partial charge in [0.15, 0.2) is 0 Å². The van der Waals surface area contributed by atoms with Crippen LogP contribution in [-0.2, 0) is 0 Å². The van der Waals surface area contributed by atoms with Gasteiger partial charge in [-0.2, -0.15) is 0 Å². The topological polar surface area (TPSA) is 21.3 Å². The molecule has 0 aliphatic heterocycles. The molecule has 0 aromatic heterocycles. The highest BCUT2D eigenvalue weighted by Gasteiger charge is 2.39. The highest BCUT2D eigenvalue weighted by Crippen LogP contribution is 2.37. The predicted octanol–water partition coefficient (Wildman–Crippen LogP) is 4.01. The molecule has 2 rings (SSSR count). The maximum absolute atomic E-state index is 6.24. The third kappa shape index (κ3) is 3.73. The fourth-order valence-corrected chi connectivity index (χ4v) is 3.09. The average Bonchev–Trinajstić information content (AvgIpc) is 2.38. The molecule has 106 valence electrons. The Balaban J connectivity index is 2.07. The first-order chi connectivity index (χ1) is 9.13. The van der Waals surface area contributed by atoms with Crippen molar-refractivity contribution in [1.29, 1.82) is 0 Å². The van der Waals surface area contributed by atoms with Crippen LogP contribution in [0.4, 0.5) is 0 Å². The lowest BCUT2D eigenvalue weighted by molar-refractivity contribution is 0.0365. The molecule has 0 radical (unpaired) electrons. The summed E-state index contributed by atoms with van der Waals surface area (Å²) < 4.78 is 6.24. The molecule has 0 amide bonds.